The third kappa shape index (κ3) is 4.70. The van der Waals surface area contributed by atoms with E-state index in [9.17, 15) is 0 Å². The minimum absolute atomic E-state index is 0.649. The van der Waals surface area contributed by atoms with Crippen molar-refractivity contribution in [2.75, 3.05) is 20.7 Å². The number of ether oxygens (including phenoxy) is 1. The molecule has 0 aliphatic rings. The smallest absolute Gasteiger partial charge is 0.191 e. The van der Waals surface area contributed by atoms with Crippen LogP contribution in [0.5, 0.6) is 5.75 Å². The molecule has 1 heterocycles. The Kier molecular flexibility index (Phi) is 6.40. The van der Waals surface area contributed by atoms with Gasteiger partial charge in [-0.2, -0.15) is 0 Å². The van der Waals surface area contributed by atoms with Crippen LogP contribution >= 0.6 is 0 Å². The molecule has 0 fully saturated rings. The van der Waals surface area contributed by atoms with Crippen LogP contribution in [-0.4, -0.2) is 41.4 Å². The van der Waals surface area contributed by atoms with Gasteiger partial charge >= 0.3 is 0 Å². The van der Waals surface area contributed by atoms with Crippen LogP contribution in [0.2, 0.25) is 0 Å². The van der Waals surface area contributed by atoms with Crippen molar-refractivity contribution in [3.63, 3.8) is 0 Å². The summed E-state index contributed by atoms with van der Waals surface area (Å²) in [4.78, 5) is 4.23. The van der Waals surface area contributed by atoms with Crippen molar-refractivity contribution in [2.24, 2.45) is 4.99 Å². The third-order valence-corrected chi connectivity index (χ3v) is 3.52. The van der Waals surface area contributed by atoms with Crippen LogP contribution in [-0.2, 0) is 19.5 Å². The molecule has 0 saturated carbocycles. The Labute approximate surface area is 136 Å². The molecule has 1 aromatic heterocycles. The van der Waals surface area contributed by atoms with Gasteiger partial charge in [0.25, 0.3) is 0 Å². The van der Waals surface area contributed by atoms with E-state index in [1.807, 2.05) is 28.8 Å². The van der Waals surface area contributed by atoms with Crippen LogP contribution in [0.25, 0.3) is 0 Å². The zero-order valence-electron chi connectivity index (χ0n) is 13.9. The van der Waals surface area contributed by atoms with Gasteiger partial charge < -0.3 is 19.9 Å². The number of aliphatic imine (C=N–C) groups is 1. The largest absolute Gasteiger partial charge is 0.496 e. The van der Waals surface area contributed by atoms with Crippen molar-refractivity contribution >= 4 is 5.96 Å². The van der Waals surface area contributed by atoms with E-state index in [2.05, 4.69) is 32.7 Å². The highest BCUT2D eigenvalue weighted by atomic mass is 16.5. The highest BCUT2D eigenvalue weighted by Crippen LogP contribution is 2.16. The van der Waals surface area contributed by atoms with E-state index in [4.69, 9.17) is 4.74 Å². The first-order valence-electron chi connectivity index (χ1n) is 7.71. The van der Waals surface area contributed by atoms with Crippen LogP contribution in [0.1, 0.15) is 18.3 Å². The number of methoxy groups -OCH3 is 1. The first-order chi connectivity index (χ1) is 11.3. The lowest BCUT2D eigenvalue weighted by molar-refractivity contribution is 0.409. The average Bonchev–Trinajstić information content (AvgIpc) is 3.05. The molecule has 0 spiro atoms. The van der Waals surface area contributed by atoms with Gasteiger partial charge in [0.1, 0.15) is 17.9 Å². The maximum absolute atomic E-state index is 5.35. The lowest BCUT2D eigenvalue weighted by Crippen LogP contribution is -2.38. The Bertz CT molecular complexity index is 637. The summed E-state index contributed by atoms with van der Waals surface area (Å²) in [5, 5.41) is 14.6. The quantitative estimate of drug-likeness (QED) is 0.593. The zero-order chi connectivity index (χ0) is 16.5. The van der Waals surface area contributed by atoms with Gasteiger partial charge in [0.15, 0.2) is 5.96 Å². The molecule has 2 rings (SSSR count). The Balaban J connectivity index is 1.82. The number of nitrogens with one attached hydrogen (secondary N) is 2. The lowest BCUT2D eigenvalue weighted by Gasteiger charge is -2.14. The molecule has 7 nitrogen and oxygen atoms in total. The molecule has 1 aromatic carbocycles. The van der Waals surface area contributed by atoms with Crippen LogP contribution in [0.4, 0.5) is 0 Å². The fraction of sp³-hybridized carbons (Fsp3) is 0.438. The molecule has 2 N–H and O–H groups in total. The monoisotopic (exact) mass is 316 g/mol. The molecular formula is C16H24N6O. The summed E-state index contributed by atoms with van der Waals surface area (Å²) >= 11 is 0. The van der Waals surface area contributed by atoms with Gasteiger partial charge in [-0.15, -0.1) is 10.2 Å². The summed E-state index contributed by atoms with van der Waals surface area (Å²) in [6, 6.07) is 7.93. The maximum Gasteiger partial charge on any atom is 0.191 e. The van der Waals surface area contributed by atoms with Gasteiger partial charge in [0.05, 0.1) is 7.11 Å². The summed E-state index contributed by atoms with van der Waals surface area (Å²) in [7, 11) is 3.43. The number of hydrogen-bond donors (Lipinski definition) is 2. The number of hydrogen-bond acceptors (Lipinski definition) is 4. The fourth-order valence-electron chi connectivity index (χ4n) is 2.28. The Morgan fingerprint density at radius 1 is 1.30 bits per heavy atom. The Morgan fingerprint density at radius 2 is 2.13 bits per heavy atom. The predicted molar refractivity (Wildman–Crippen MR) is 90.6 cm³/mol. The second kappa shape index (κ2) is 8.77. The number of guanidine groups is 1. The van der Waals surface area contributed by atoms with Gasteiger partial charge in [-0.05, 0) is 6.07 Å². The summed E-state index contributed by atoms with van der Waals surface area (Å²) in [5.41, 5.74) is 1.09. The molecule has 0 atom stereocenters. The summed E-state index contributed by atoms with van der Waals surface area (Å²) in [6.45, 7) is 4.26. The Hall–Kier alpha value is -2.57. The molecular weight excluding hydrogens is 292 g/mol. The van der Waals surface area contributed by atoms with Crippen LogP contribution in [0.3, 0.4) is 0 Å². The molecule has 0 bridgehead atoms. The minimum atomic E-state index is 0.649. The number of nitrogens with zero attached hydrogens (tertiary/aromatic N) is 4. The minimum Gasteiger partial charge on any atom is -0.496 e. The molecule has 0 aliphatic heterocycles. The first-order valence-corrected chi connectivity index (χ1v) is 7.71. The average molecular weight is 316 g/mol. The molecule has 2 aromatic rings. The van der Waals surface area contributed by atoms with Gasteiger partial charge in [0, 0.05) is 38.7 Å². The van der Waals surface area contributed by atoms with Crippen LogP contribution in [0, 0.1) is 0 Å². The van der Waals surface area contributed by atoms with Crippen LogP contribution in [0.15, 0.2) is 35.6 Å². The topological polar surface area (TPSA) is 76.4 Å². The van der Waals surface area contributed by atoms with Crippen molar-refractivity contribution in [3.05, 3.63) is 42.0 Å². The molecule has 0 radical (unpaired) electrons. The van der Waals surface area contributed by atoms with E-state index < -0.39 is 0 Å². The summed E-state index contributed by atoms with van der Waals surface area (Å²) in [6.07, 6.45) is 2.63. The molecule has 0 unspecified atom stereocenters. The molecule has 124 valence electrons. The number of rotatable bonds is 7. The van der Waals surface area contributed by atoms with Gasteiger partial charge in [-0.1, -0.05) is 25.1 Å². The van der Waals surface area contributed by atoms with E-state index in [0.717, 1.165) is 42.6 Å². The molecule has 0 amide bonds. The molecule has 7 heteroatoms. The van der Waals surface area contributed by atoms with Gasteiger partial charge in [-0.3, -0.25) is 4.99 Å². The summed E-state index contributed by atoms with van der Waals surface area (Å²) < 4.78 is 7.39. The van der Waals surface area contributed by atoms with Crippen LogP contribution < -0.4 is 15.4 Å². The van der Waals surface area contributed by atoms with E-state index in [-0.39, 0.29) is 0 Å². The van der Waals surface area contributed by atoms with Crippen molar-refractivity contribution < 1.29 is 4.74 Å². The highest BCUT2D eigenvalue weighted by Gasteiger charge is 2.04. The molecule has 0 aliphatic carbocycles. The van der Waals surface area contributed by atoms with E-state index >= 15 is 0 Å². The van der Waals surface area contributed by atoms with Crippen molar-refractivity contribution in [3.8, 4) is 5.75 Å². The normalized spacial score (nSPS) is 11.3. The SMILES string of the molecule is CCc1nncn1CCNC(=NC)NCc1ccccc1OC. The van der Waals surface area contributed by atoms with Crippen molar-refractivity contribution in [2.45, 2.75) is 26.4 Å². The standard InChI is InChI=1S/C16H24N6O/c1-4-15-21-20-12-22(15)10-9-18-16(17-2)19-11-13-7-5-6-8-14(13)23-3/h5-8,12H,4,9-11H2,1-3H3,(H2,17,18,19). The number of aromatic nitrogens is 3. The zero-order valence-corrected chi connectivity index (χ0v) is 13.9. The lowest BCUT2D eigenvalue weighted by atomic mass is 10.2. The molecule has 23 heavy (non-hydrogen) atoms. The third-order valence-electron chi connectivity index (χ3n) is 3.52. The van der Waals surface area contributed by atoms with Gasteiger partial charge in [0.2, 0.25) is 0 Å². The summed E-state index contributed by atoms with van der Waals surface area (Å²) in [5.74, 6) is 2.61. The number of para-hydroxylation sites is 1. The van der Waals surface area contributed by atoms with E-state index in [1.54, 1.807) is 20.5 Å². The second-order valence-electron chi connectivity index (χ2n) is 4.96. The fourth-order valence-corrected chi connectivity index (χ4v) is 2.28. The van der Waals surface area contributed by atoms with Crippen molar-refractivity contribution in [1.29, 1.82) is 0 Å². The van der Waals surface area contributed by atoms with Gasteiger partial charge in [-0.25, -0.2) is 0 Å². The maximum atomic E-state index is 5.35. The number of benzene rings is 1. The first kappa shape index (κ1) is 16.8. The van der Waals surface area contributed by atoms with E-state index in [1.165, 1.54) is 0 Å². The predicted octanol–water partition coefficient (Wildman–Crippen LogP) is 1.21. The highest BCUT2D eigenvalue weighted by molar-refractivity contribution is 5.79. The number of aryl methyl sites for hydroxylation is 1. The Morgan fingerprint density at radius 3 is 2.87 bits per heavy atom. The van der Waals surface area contributed by atoms with Crippen molar-refractivity contribution in [1.82, 2.24) is 25.4 Å². The van der Waals surface area contributed by atoms with E-state index in [0.29, 0.717) is 6.54 Å². The second-order valence-corrected chi connectivity index (χ2v) is 4.96. The molecule has 0 saturated heterocycles.